The van der Waals surface area contributed by atoms with Crippen LogP contribution in [0.5, 0.6) is 11.5 Å². The first-order chi connectivity index (χ1) is 14.1. The molecule has 9 nitrogen and oxygen atoms in total. The summed E-state index contributed by atoms with van der Waals surface area (Å²) in [6, 6.07) is 3.45. The molecule has 29 heavy (non-hydrogen) atoms. The summed E-state index contributed by atoms with van der Waals surface area (Å²) in [5, 5.41) is 14.2. The Labute approximate surface area is 177 Å². The maximum absolute atomic E-state index is 9.93. The summed E-state index contributed by atoms with van der Waals surface area (Å²) in [5.41, 5.74) is 3.68. The highest BCUT2D eigenvalue weighted by Gasteiger charge is 2.21. The fourth-order valence-electron chi connectivity index (χ4n) is 3.51. The number of hydrazone groups is 1. The second kappa shape index (κ2) is 8.81. The number of nitrogens with one attached hydrogen (secondary N) is 1. The van der Waals surface area contributed by atoms with E-state index in [2.05, 4.69) is 46.2 Å². The van der Waals surface area contributed by atoms with E-state index < -0.39 is 0 Å². The lowest BCUT2D eigenvalue weighted by molar-refractivity contribution is 0.372. The first-order valence-electron chi connectivity index (χ1n) is 9.75. The molecule has 0 spiro atoms. The summed E-state index contributed by atoms with van der Waals surface area (Å²) in [4.78, 5) is 18.2. The number of benzene rings is 1. The molecule has 0 amide bonds. The zero-order valence-corrected chi connectivity index (χ0v) is 17.9. The third kappa shape index (κ3) is 4.52. The molecule has 2 N–H and O–H groups in total. The molecule has 2 fully saturated rings. The molecule has 0 saturated carbocycles. The number of nitrogens with zero attached hydrogens (tertiary/aromatic N) is 6. The second-order valence-electron chi connectivity index (χ2n) is 7.07. The van der Waals surface area contributed by atoms with Gasteiger partial charge < -0.3 is 19.6 Å². The molecule has 1 aromatic heterocycles. The summed E-state index contributed by atoms with van der Waals surface area (Å²) >= 11 is 3.31. The third-order valence-corrected chi connectivity index (χ3v) is 5.64. The maximum atomic E-state index is 9.93. The van der Waals surface area contributed by atoms with Crippen LogP contribution in [0.2, 0.25) is 0 Å². The Kier molecular flexibility index (Phi) is 5.98. The molecule has 0 unspecified atom stereocenters. The number of ether oxygens (including phenoxy) is 1. The first-order valence-corrected chi connectivity index (χ1v) is 10.5. The van der Waals surface area contributed by atoms with Gasteiger partial charge in [-0.05, 0) is 59.3 Å². The van der Waals surface area contributed by atoms with Crippen LogP contribution in [0.15, 0.2) is 21.7 Å². The molecule has 2 aliphatic rings. The summed E-state index contributed by atoms with van der Waals surface area (Å²) in [7, 11) is 1.51. The third-order valence-electron chi connectivity index (χ3n) is 5.04. The number of methoxy groups -OCH3 is 1. The number of rotatable bonds is 6. The molecule has 0 atom stereocenters. The SMILES string of the molecule is COc1cc(C=NNc2nc(N3CCCC3)nc(N3CCCC3)n2)cc(Br)c1O. The van der Waals surface area contributed by atoms with Gasteiger partial charge in [-0.1, -0.05) is 0 Å². The molecule has 0 bridgehead atoms. The molecule has 0 aliphatic carbocycles. The van der Waals surface area contributed by atoms with Crippen LogP contribution in [0, 0.1) is 0 Å². The highest BCUT2D eigenvalue weighted by Crippen LogP contribution is 2.34. The van der Waals surface area contributed by atoms with Gasteiger partial charge in [-0.2, -0.15) is 20.1 Å². The van der Waals surface area contributed by atoms with Gasteiger partial charge in [-0.3, -0.25) is 0 Å². The Morgan fingerprint density at radius 1 is 1.03 bits per heavy atom. The van der Waals surface area contributed by atoms with Crippen molar-refractivity contribution < 1.29 is 9.84 Å². The molecule has 2 aliphatic heterocycles. The normalized spacial score (nSPS) is 16.8. The zero-order chi connectivity index (χ0) is 20.2. The number of anilines is 3. The minimum atomic E-state index is 0.0561. The van der Waals surface area contributed by atoms with E-state index in [9.17, 15) is 5.11 Å². The molecule has 3 heterocycles. The van der Waals surface area contributed by atoms with Crippen molar-refractivity contribution in [2.75, 3.05) is 48.5 Å². The van der Waals surface area contributed by atoms with Crippen LogP contribution >= 0.6 is 15.9 Å². The molecule has 2 aromatic rings. The van der Waals surface area contributed by atoms with Crippen molar-refractivity contribution in [1.82, 2.24) is 15.0 Å². The number of aromatic hydroxyl groups is 1. The van der Waals surface area contributed by atoms with Crippen LogP contribution in [-0.2, 0) is 0 Å². The maximum Gasteiger partial charge on any atom is 0.250 e. The van der Waals surface area contributed by atoms with Crippen molar-refractivity contribution in [1.29, 1.82) is 0 Å². The van der Waals surface area contributed by atoms with Crippen molar-refractivity contribution in [3.05, 3.63) is 22.2 Å². The molecule has 1 aromatic carbocycles. The topological polar surface area (TPSA) is 99.0 Å². The predicted molar refractivity (Wildman–Crippen MR) is 116 cm³/mol. The standard InChI is InChI=1S/C19H24BrN7O2/c1-29-15-11-13(10-14(20)16(15)28)12-21-25-17-22-18(26-6-2-3-7-26)24-19(23-17)27-8-4-5-9-27/h10-12,28H,2-9H2,1H3,(H,22,23,24,25). The monoisotopic (exact) mass is 461 g/mol. The summed E-state index contributed by atoms with van der Waals surface area (Å²) in [5.74, 6) is 2.25. The molecular weight excluding hydrogens is 438 g/mol. The quantitative estimate of drug-likeness (QED) is 0.500. The van der Waals surface area contributed by atoms with Crippen molar-refractivity contribution >= 4 is 40.0 Å². The van der Waals surface area contributed by atoms with Crippen LogP contribution in [0.4, 0.5) is 17.8 Å². The van der Waals surface area contributed by atoms with E-state index in [-0.39, 0.29) is 5.75 Å². The Morgan fingerprint density at radius 2 is 1.62 bits per heavy atom. The minimum Gasteiger partial charge on any atom is -0.503 e. The lowest BCUT2D eigenvalue weighted by Crippen LogP contribution is -2.25. The van der Waals surface area contributed by atoms with Crippen LogP contribution in [-0.4, -0.2) is 59.6 Å². The molecular formula is C19H24BrN7O2. The number of aromatic nitrogens is 3. The Morgan fingerprint density at radius 3 is 2.17 bits per heavy atom. The average Bonchev–Trinajstić information content (AvgIpc) is 3.44. The van der Waals surface area contributed by atoms with E-state index in [0.29, 0.717) is 28.1 Å². The molecule has 0 radical (unpaired) electrons. The van der Waals surface area contributed by atoms with Gasteiger partial charge in [0.15, 0.2) is 11.5 Å². The lowest BCUT2D eigenvalue weighted by Gasteiger charge is -2.20. The number of halogens is 1. The number of hydrogen-bond donors (Lipinski definition) is 2. The van der Waals surface area contributed by atoms with Gasteiger partial charge in [0, 0.05) is 26.2 Å². The number of phenols is 1. The first kappa shape index (κ1) is 19.7. The highest BCUT2D eigenvalue weighted by atomic mass is 79.9. The fourth-order valence-corrected chi connectivity index (χ4v) is 3.97. The summed E-state index contributed by atoms with van der Waals surface area (Å²) in [6.45, 7) is 3.86. The van der Waals surface area contributed by atoms with Gasteiger partial charge in [0.05, 0.1) is 17.8 Å². The van der Waals surface area contributed by atoms with Gasteiger partial charge in [-0.15, -0.1) is 0 Å². The van der Waals surface area contributed by atoms with Crippen molar-refractivity contribution in [3.8, 4) is 11.5 Å². The van der Waals surface area contributed by atoms with E-state index in [1.165, 1.54) is 7.11 Å². The van der Waals surface area contributed by atoms with E-state index in [0.717, 1.165) is 57.4 Å². The zero-order valence-electron chi connectivity index (χ0n) is 16.3. The van der Waals surface area contributed by atoms with E-state index in [1.807, 2.05) is 0 Å². The molecule has 10 heteroatoms. The number of phenolic OH excluding ortho intramolecular Hbond substituents is 1. The number of hydrogen-bond acceptors (Lipinski definition) is 9. The van der Waals surface area contributed by atoms with Crippen molar-refractivity contribution in [3.63, 3.8) is 0 Å². The van der Waals surface area contributed by atoms with Gasteiger partial charge in [0.25, 0.3) is 0 Å². The molecule has 2 saturated heterocycles. The molecule has 4 rings (SSSR count). The van der Waals surface area contributed by atoms with Gasteiger partial charge >= 0.3 is 0 Å². The smallest absolute Gasteiger partial charge is 0.250 e. The summed E-state index contributed by atoms with van der Waals surface area (Å²) in [6.07, 6.45) is 6.25. The second-order valence-corrected chi connectivity index (χ2v) is 7.93. The predicted octanol–water partition coefficient (Wildman–Crippen LogP) is 2.99. The Bertz CT molecular complexity index is 862. The van der Waals surface area contributed by atoms with Crippen LogP contribution < -0.4 is 20.0 Å². The van der Waals surface area contributed by atoms with Crippen LogP contribution in [0.25, 0.3) is 0 Å². The minimum absolute atomic E-state index is 0.0561. The van der Waals surface area contributed by atoms with Crippen molar-refractivity contribution in [2.45, 2.75) is 25.7 Å². The van der Waals surface area contributed by atoms with Crippen molar-refractivity contribution in [2.24, 2.45) is 5.10 Å². The average molecular weight is 462 g/mol. The lowest BCUT2D eigenvalue weighted by atomic mass is 10.2. The Balaban J connectivity index is 1.55. The van der Waals surface area contributed by atoms with Gasteiger partial charge in [0.1, 0.15) is 0 Å². The van der Waals surface area contributed by atoms with Gasteiger partial charge in [-0.25, -0.2) is 5.43 Å². The van der Waals surface area contributed by atoms with Crippen LogP contribution in [0.1, 0.15) is 31.2 Å². The molecule has 154 valence electrons. The summed E-state index contributed by atoms with van der Waals surface area (Å²) < 4.78 is 5.70. The van der Waals surface area contributed by atoms with Gasteiger partial charge in [0.2, 0.25) is 17.8 Å². The fraction of sp³-hybridized carbons (Fsp3) is 0.474. The van der Waals surface area contributed by atoms with E-state index in [1.54, 1.807) is 18.3 Å². The Hall–Kier alpha value is -2.62. The van der Waals surface area contributed by atoms with E-state index >= 15 is 0 Å². The largest absolute Gasteiger partial charge is 0.503 e. The van der Waals surface area contributed by atoms with E-state index in [4.69, 9.17) is 9.72 Å². The highest BCUT2D eigenvalue weighted by molar-refractivity contribution is 9.10. The van der Waals surface area contributed by atoms with Crippen LogP contribution in [0.3, 0.4) is 0 Å².